The third-order valence-electron chi connectivity index (χ3n) is 3.37. The van der Waals surface area contributed by atoms with Crippen LogP contribution in [0.4, 0.5) is 10.5 Å². The largest absolute Gasteiger partial charge is 0.448 e. The van der Waals surface area contributed by atoms with Crippen molar-refractivity contribution in [1.29, 1.82) is 0 Å². The number of nitrogens with zero attached hydrogens (tertiary/aromatic N) is 3. The average molecular weight is 304 g/mol. The number of rotatable bonds is 5. The number of anilines is 1. The summed E-state index contributed by atoms with van der Waals surface area (Å²) in [5, 5.41) is 7.33. The number of aromatic nitrogens is 2. The molecule has 0 spiro atoms. The number of carbonyl (C=O) groups excluding carboxylic acids is 1. The molecule has 3 rings (SSSR count). The van der Waals surface area contributed by atoms with Crippen LogP contribution < -0.4 is 5.32 Å². The first-order valence-corrected chi connectivity index (χ1v) is 7.52. The number of hydrogen-bond acceptors (Lipinski definition) is 6. The molecule has 1 aromatic heterocycles. The first-order chi connectivity index (χ1) is 10.2. The summed E-state index contributed by atoms with van der Waals surface area (Å²) in [6.45, 7) is 4.42. The van der Waals surface area contributed by atoms with E-state index in [2.05, 4.69) is 14.9 Å². The molecule has 1 aliphatic rings. The Morgan fingerprint density at radius 2 is 2.19 bits per heavy atom. The fourth-order valence-corrected chi connectivity index (χ4v) is 2.68. The predicted molar refractivity (Wildman–Crippen MR) is 80.2 cm³/mol. The third kappa shape index (κ3) is 3.30. The number of hydrogen-bond donors (Lipinski definition) is 1. The van der Waals surface area contributed by atoms with Gasteiger partial charge in [0.05, 0.1) is 23.7 Å². The molecule has 21 heavy (non-hydrogen) atoms. The molecular weight excluding hydrogens is 288 g/mol. The molecule has 0 radical (unpaired) electrons. The van der Waals surface area contributed by atoms with Crippen molar-refractivity contribution in [3.8, 4) is 0 Å². The van der Waals surface area contributed by atoms with Crippen molar-refractivity contribution in [3.63, 3.8) is 0 Å². The van der Waals surface area contributed by atoms with E-state index in [-0.39, 0.29) is 6.09 Å². The topological polar surface area (TPSA) is 67.3 Å². The van der Waals surface area contributed by atoms with E-state index in [0.29, 0.717) is 19.7 Å². The maximum Gasteiger partial charge on any atom is 0.410 e. The van der Waals surface area contributed by atoms with E-state index in [0.717, 1.165) is 28.4 Å². The van der Waals surface area contributed by atoms with Gasteiger partial charge in [0, 0.05) is 12.2 Å². The van der Waals surface area contributed by atoms with E-state index in [1.807, 2.05) is 31.2 Å². The number of cyclic esters (lactones) is 1. The number of nitrogens with one attached hydrogen (secondary N) is 1. The molecule has 2 aromatic rings. The Kier molecular flexibility index (Phi) is 4.01. The Morgan fingerprint density at radius 3 is 2.81 bits per heavy atom. The van der Waals surface area contributed by atoms with Gasteiger partial charge in [0.25, 0.3) is 0 Å². The van der Waals surface area contributed by atoms with Crippen molar-refractivity contribution >= 4 is 23.3 Å². The molecule has 0 bridgehead atoms. The Labute approximate surface area is 126 Å². The van der Waals surface area contributed by atoms with Crippen LogP contribution in [0.15, 0.2) is 24.3 Å². The number of carbonyl (C=O) groups is 1. The molecule has 110 valence electrons. The Hall–Kier alpha value is -2.15. The van der Waals surface area contributed by atoms with Gasteiger partial charge in [0.1, 0.15) is 6.61 Å². The lowest BCUT2D eigenvalue weighted by Crippen LogP contribution is -2.23. The van der Waals surface area contributed by atoms with Gasteiger partial charge in [0.15, 0.2) is 0 Å². The first kappa shape index (κ1) is 13.8. The lowest BCUT2D eigenvalue weighted by atomic mass is 10.2. The molecule has 1 aromatic carbocycles. The fourth-order valence-electron chi connectivity index (χ4n) is 2.11. The van der Waals surface area contributed by atoms with Crippen LogP contribution in [0.25, 0.3) is 0 Å². The van der Waals surface area contributed by atoms with Crippen LogP contribution >= 0.6 is 11.5 Å². The van der Waals surface area contributed by atoms with Gasteiger partial charge in [-0.1, -0.05) is 16.6 Å². The summed E-state index contributed by atoms with van der Waals surface area (Å²) in [5.74, 6) is 0. The van der Waals surface area contributed by atoms with Gasteiger partial charge in [-0.3, -0.25) is 0 Å². The molecule has 7 heteroatoms. The van der Waals surface area contributed by atoms with Gasteiger partial charge in [-0.05, 0) is 36.2 Å². The second-order valence-corrected chi connectivity index (χ2v) is 5.71. The summed E-state index contributed by atoms with van der Waals surface area (Å²) in [4.78, 5) is 14.2. The highest BCUT2D eigenvalue weighted by Crippen LogP contribution is 2.16. The Morgan fingerprint density at radius 1 is 1.38 bits per heavy atom. The van der Waals surface area contributed by atoms with Gasteiger partial charge in [-0.15, -0.1) is 5.10 Å². The van der Waals surface area contributed by atoms with Crippen LogP contribution in [-0.2, 0) is 17.8 Å². The Balaban J connectivity index is 1.56. The molecule has 2 heterocycles. The van der Waals surface area contributed by atoms with E-state index >= 15 is 0 Å². The smallest absolute Gasteiger partial charge is 0.410 e. The summed E-state index contributed by atoms with van der Waals surface area (Å²) in [7, 11) is 0. The summed E-state index contributed by atoms with van der Waals surface area (Å²) < 4.78 is 8.83. The van der Waals surface area contributed by atoms with Crippen molar-refractivity contribution in [2.45, 2.75) is 20.0 Å². The van der Waals surface area contributed by atoms with E-state index in [1.165, 1.54) is 11.5 Å². The molecule has 1 saturated heterocycles. The lowest BCUT2D eigenvalue weighted by Gasteiger charge is -2.13. The van der Waals surface area contributed by atoms with Crippen LogP contribution in [0.1, 0.15) is 16.1 Å². The molecule has 1 amide bonds. The number of amides is 1. The highest BCUT2D eigenvalue weighted by molar-refractivity contribution is 7.05. The van der Waals surface area contributed by atoms with E-state index < -0.39 is 0 Å². The van der Waals surface area contributed by atoms with Crippen molar-refractivity contribution in [2.24, 2.45) is 0 Å². The van der Waals surface area contributed by atoms with Crippen LogP contribution in [0, 0.1) is 6.92 Å². The predicted octanol–water partition coefficient (Wildman–Crippen LogP) is 2.41. The minimum absolute atomic E-state index is 0.231. The third-order valence-corrected chi connectivity index (χ3v) is 4.19. The minimum Gasteiger partial charge on any atom is -0.448 e. The summed E-state index contributed by atoms with van der Waals surface area (Å²) in [6.07, 6.45) is -0.231. The van der Waals surface area contributed by atoms with Gasteiger partial charge in [-0.2, -0.15) is 0 Å². The van der Waals surface area contributed by atoms with Crippen molar-refractivity contribution in [2.75, 3.05) is 18.5 Å². The first-order valence-electron chi connectivity index (χ1n) is 6.75. The van der Waals surface area contributed by atoms with Crippen LogP contribution in [-0.4, -0.2) is 33.7 Å². The zero-order valence-corrected chi connectivity index (χ0v) is 12.5. The van der Waals surface area contributed by atoms with E-state index in [1.54, 1.807) is 4.90 Å². The second kappa shape index (κ2) is 6.09. The molecule has 1 aliphatic heterocycles. The molecule has 1 fully saturated rings. The van der Waals surface area contributed by atoms with Crippen LogP contribution in [0.3, 0.4) is 0 Å². The molecule has 6 nitrogen and oxygen atoms in total. The van der Waals surface area contributed by atoms with Gasteiger partial charge in [0.2, 0.25) is 0 Å². The number of benzene rings is 1. The highest BCUT2D eigenvalue weighted by atomic mass is 32.1. The Bertz CT molecular complexity index is 626. The standard InChI is InChI=1S/C14H16N4O2S/c1-10-13(21-17-16-10)8-15-12-4-2-11(3-5-12)9-18-6-7-20-14(18)19/h2-5,15H,6-9H2,1H3. The zero-order chi connectivity index (χ0) is 14.7. The van der Waals surface area contributed by atoms with Gasteiger partial charge in [-0.25, -0.2) is 4.79 Å². The summed E-state index contributed by atoms with van der Waals surface area (Å²) >= 11 is 1.41. The molecular formula is C14H16N4O2S. The van der Waals surface area contributed by atoms with Crippen molar-refractivity contribution in [1.82, 2.24) is 14.5 Å². The van der Waals surface area contributed by atoms with Crippen molar-refractivity contribution < 1.29 is 9.53 Å². The lowest BCUT2D eigenvalue weighted by molar-refractivity contribution is 0.157. The zero-order valence-electron chi connectivity index (χ0n) is 11.7. The van der Waals surface area contributed by atoms with Crippen LogP contribution in [0.5, 0.6) is 0 Å². The maximum atomic E-state index is 11.4. The van der Waals surface area contributed by atoms with E-state index in [4.69, 9.17) is 4.74 Å². The van der Waals surface area contributed by atoms with Crippen LogP contribution in [0.2, 0.25) is 0 Å². The SMILES string of the molecule is Cc1nnsc1CNc1ccc(CN2CCOC2=O)cc1. The molecule has 0 atom stereocenters. The number of ether oxygens (including phenoxy) is 1. The van der Waals surface area contributed by atoms with E-state index in [9.17, 15) is 4.79 Å². The van der Waals surface area contributed by atoms with Gasteiger partial charge >= 0.3 is 6.09 Å². The fraction of sp³-hybridized carbons (Fsp3) is 0.357. The quantitative estimate of drug-likeness (QED) is 0.919. The highest BCUT2D eigenvalue weighted by Gasteiger charge is 2.21. The molecule has 0 aliphatic carbocycles. The minimum atomic E-state index is -0.231. The summed E-state index contributed by atoms with van der Waals surface area (Å²) in [6, 6.07) is 8.07. The second-order valence-electron chi connectivity index (χ2n) is 4.87. The molecule has 0 saturated carbocycles. The number of aryl methyl sites for hydroxylation is 1. The normalized spacial score (nSPS) is 14.3. The molecule has 1 N–H and O–H groups in total. The molecule has 0 unspecified atom stereocenters. The van der Waals surface area contributed by atoms with Crippen molar-refractivity contribution in [3.05, 3.63) is 40.4 Å². The summed E-state index contributed by atoms with van der Waals surface area (Å²) in [5.41, 5.74) is 3.10. The van der Waals surface area contributed by atoms with Gasteiger partial charge < -0.3 is 15.0 Å². The maximum absolute atomic E-state index is 11.4. The monoisotopic (exact) mass is 304 g/mol. The average Bonchev–Trinajstić information content (AvgIpc) is 3.08.